The van der Waals surface area contributed by atoms with Crippen LogP contribution >= 0.6 is 0 Å². The maximum absolute atomic E-state index is 14.1. The zero-order valence-corrected chi connectivity index (χ0v) is 19.1. The van der Waals surface area contributed by atoms with Crippen LogP contribution in [0.3, 0.4) is 0 Å². The topological polar surface area (TPSA) is 94.6 Å². The first-order chi connectivity index (χ1) is 15.8. The van der Waals surface area contributed by atoms with E-state index < -0.39 is 21.4 Å². The Hall–Kier alpha value is -2.98. The third-order valence-electron chi connectivity index (χ3n) is 5.62. The highest BCUT2D eigenvalue weighted by Crippen LogP contribution is 2.23. The van der Waals surface area contributed by atoms with Gasteiger partial charge in [-0.05, 0) is 31.0 Å². The molecule has 1 amide bonds. The van der Waals surface area contributed by atoms with Crippen molar-refractivity contribution >= 4 is 15.7 Å². The molecule has 33 heavy (non-hydrogen) atoms. The minimum absolute atomic E-state index is 0.0777. The summed E-state index contributed by atoms with van der Waals surface area (Å²) >= 11 is 0. The largest absolute Gasteiger partial charge is 0.467 e. The average molecular weight is 476 g/mol. The molecule has 1 atom stereocenters. The molecule has 8 nitrogen and oxygen atoms in total. The summed E-state index contributed by atoms with van der Waals surface area (Å²) in [6, 6.07) is 9.29. The zero-order valence-electron chi connectivity index (χ0n) is 18.3. The second-order valence-corrected chi connectivity index (χ2v) is 9.97. The van der Waals surface area contributed by atoms with E-state index in [2.05, 4.69) is 4.98 Å². The molecule has 0 saturated carbocycles. The fraction of sp³-hybridized carbons (Fsp3) is 0.391. The molecule has 4 rings (SSSR count). The summed E-state index contributed by atoms with van der Waals surface area (Å²) in [4.78, 5) is 18.0. The van der Waals surface area contributed by atoms with E-state index >= 15 is 0 Å². The number of rotatable bonds is 9. The molecule has 1 aliphatic rings. The number of ether oxygens (including phenoxy) is 1. The molecule has 3 aromatic rings. The van der Waals surface area contributed by atoms with E-state index in [1.165, 1.54) is 37.6 Å². The van der Waals surface area contributed by atoms with Gasteiger partial charge in [-0.2, -0.15) is 0 Å². The lowest BCUT2D eigenvalue weighted by Crippen LogP contribution is -2.30. The van der Waals surface area contributed by atoms with Gasteiger partial charge in [-0.25, -0.2) is 17.8 Å². The molecule has 1 fully saturated rings. The Morgan fingerprint density at radius 2 is 2.06 bits per heavy atom. The molecule has 1 unspecified atom stereocenters. The highest BCUT2D eigenvalue weighted by molar-refractivity contribution is 7.90. The number of hydrogen-bond donors (Lipinski definition) is 0. The molecule has 1 saturated heterocycles. The predicted octanol–water partition coefficient (Wildman–Crippen LogP) is 3.32. The van der Waals surface area contributed by atoms with Crippen molar-refractivity contribution in [2.45, 2.75) is 56.4 Å². The molecular formula is C23H26FN3O5S. The first-order valence-corrected chi connectivity index (χ1v) is 12.4. The zero-order chi connectivity index (χ0) is 23.4. The molecule has 1 aromatic carbocycles. The van der Waals surface area contributed by atoms with Gasteiger partial charge in [-0.1, -0.05) is 18.2 Å². The quantitative estimate of drug-likeness (QED) is 0.471. The summed E-state index contributed by atoms with van der Waals surface area (Å²) in [5.41, 5.74) is 0.633. The lowest BCUT2D eigenvalue weighted by molar-refractivity contribution is -0.130. The average Bonchev–Trinajstić information content (AvgIpc) is 3.53. The molecule has 0 spiro atoms. The van der Waals surface area contributed by atoms with Crippen LogP contribution < -0.4 is 0 Å². The highest BCUT2D eigenvalue weighted by Gasteiger charge is 2.28. The van der Waals surface area contributed by atoms with E-state index in [9.17, 15) is 17.6 Å². The third kappa shape index (κ3) is 5.51. The number of halogens is 1. The Bertz CT molecular complexity index is 1200. The van der Waals surface area contributed by atoms with Gasteiger partial charge >= 0.3 is 0 Å². The van der Waals surface area contributed by atoms with Crippen LogP contribution in [-0.2, 0) is 44.8 Å². The Labute approximate surface area is 191 Å². The van der Waals surface area contributed by atoms with Gasteiger partial charge in [0.1, 0.15) is 11.6 Å². The Kier molecular flexibility index (Phi) is 6.94. The summed E-state index contributed by atoms with van der Waals surface area (Å²) in [5, 5.41) is -0.155. The fourth-order valence-electron chi connectivity index (χ4n) is 3.90. The smallest absolute Gasteiger partial charge is 0.228 e. The van der Waals surface area contributed by atoms with Gasteiger partial charge in [-0.3, -0.25) is 4.79 Å². The number of carbonyl (C=O) groups excluding carboxylic acids is 1. The minimum atomic E-state index is -3.96. The molecule has 3 heterocycles. The Morgan fingerprint density at radius 1 is 1.24 bits per heavy atom. The molecule has 0 aliphatic carbocycles. The second-order valence-electron chi connectivity index (χ2n) is 8.08. The normalized spacial score (nSPS) is 16.2. The van der Waals surface area contributed by atoms with Gasteiger partial charge in [0.2, 0.25) is 20.9 Å². The van der Waals surface area contributed by atoms with Crippen LogP contribution in [0.25, 0.3) is 0 Å². The van der Waals surface area contributed by atoms with Crippen LogP contribution in [0, 0.1) is 5.82 Å². The number of imidazole rings is 1. The number of hydrogen-bond acceptors (Lipinski definition) is 6. The maximum atomic E-state index is 14.1. The summed E-state index contributed by atoms with van der Waals surface area (Å²) in [6.07, 6.45) is 4.53. The van der Waals surface area contributed by atoms with Crippen molar-refractivity contribution in [3.05, 3.63) is 71.7 Å². The number of carbonyl (C=O) groups is 1. The number of benzene rings is 1. The molecule has 0 radical (unpaired) electrons. The lowest BCUT2D eigenvalue weighted by atomic mass is 10.2. The third-order valence-corrected chi connectivity index (χ3v) is 7.19. The number of nitrogens with zero attached hydrogens (tertiary/aromatic N) is 3. The van der Waals surface area contributed by atoms with E-state index in [1.807, 2.05) is 0 Å². The first-order valence-electron chi connectivity index (χ1n) is 10.7. The lowest BCUT2D eigenvalue weighted by Gasteiger charge is -2.22. The number of amides is 1. The first kappa shape index (κ1) is 23.2. The predicted molar refractivity (Wildman–Crippen MR) is 117 cm³/mol. The SMILES string of the molecule is CC(=O)N(Cc1ccco1)Cc1cnc(S(=O)(=O)Cc2ccccc2F)n1CC1CCCO1. The van der Waals surface area contributed by atoms with Crippen LogP contribution in [0.1, 0.15) is 36.8 Å². The minimum Gasteiger partial charge on any atom is -0.467 e. The van der Waals surface area contributed by atoms with Gasteiger partial charge in [0.05, 0.1) is 49.6 Å². The fourth-order valence-corrected chi connectivity index (χ4v) is 5.42. The van der Waals surface area contributed by atoms with E-state index in [-0.39, 0.29) is 42.4 Å². The Balaban J connectivity index is 1.65. The van der Waals surface area contributed by atoms with E-state index in [0.29, 0.717) is 18.1 Å². The van der Waals surface area contributed by atoms with Crippen molar-refractivity contribution < 1.29 is 26.8 Å². The summed E-state index contributed by atoms with van der Waals surface area (Å²) < 4.78 is 53.3. The van der Waals surface area contributed by atoms with Crippen LogP contribution in [0.15, 0.2) is 58.4 Å². The highest BCUT2D eigenvalue weighted by atomic mass is 32.2. The molecule has 10 heteroatoms. The van der Waals surface area contributed by atoms with Crippen molar-refractivity contribution in [1.29, 1.82) is 0 Å². The standard InChI is InChI=1S/C23H26FN3O5S/c1-17(28)26(14-20-7-4-10-31-20)13-19-12-25-23(27(19)15-21-8-5-11-32-21)33(29,30)16-18-6-2-3-9-22(18)24/h2-4,6-7,9-10,12,21H,5,8,11,13-16H2,1H3. The van der Waals surface area contributed by atoms with E-state index in [1.54, 1.807) is 27.7 Å². The number of sulfone groups is 1. The van der Waals surface area contributed by atoms with Crippen molar-refractivity contribution in [3.8, 4) is 0 Å². The molecular weight excluding hydrogens is 449 g/mol. The second kappa shape index (κ2) is 9.88. The molecule has 0 N–H and O–H groups in total. The van der Waals surface area contributed by atoms with Gasteiger partial charge in [0.15, 0.2) is 0 Å². The van der Waals surface area contributed by atoms with Crippen molar-refractivity contribution in [2.24, 2.45) is 0 Å². The van der Waals surface area contributed by atoms with Gasteiger partial charge in [0, 0.05) is 19.1 Å². The molecule has 1 aliphatic heterocycles. The maximum Gasteiger partial charge on any atom is 0.228 e. The van der Waals surface area contributed by atoms with Gasteiger partial charge in [-0.15, -0.1) is 0 Å². The van der Waals surface area contributed by atoms with Gasteiger partial charge in [0.25, 0.3) is 0 Å². The van der Waals surface area contributed by atoms with Crippen molar-refractivity contribution in [1.82, 2.24) is 14.5 Å². The number of aromatic nitrogens is 2. The van der Waals surface area contributed by atoms with Crippen LogP contribution in [0.4, 0.5) is 4.39 Å². The van der Waals surface area contributed by atoms with Crippen LogP contribution in [0.5, 0.6) is 0 Å². The van der Waals surface area contributed by atoms with Crippen molar-refractivity contribution in [2.75, 3.05) is 6.61 Å². The summed E-state index contributed by atoms with van der Waals surface area (Å²) in [7, 11) is -3.96. The summed E-state index contributed by atoms with van der Waals surface area (Å²) in [5.74, 6) is -0.667. The van der Waals surface area contributed by atoms with E-state index in [4.69, 9.17) is 9.15 Å². The molecule has 176 valence electrons. The van der Waals surface area contributed by atoms with Crippen LogP contribution in [0.2, 0.25) is 0 Å². The summed E-state index contributed by atoms with van der Waals surface area (Å²) in [6.45, 7) is 2.73. The monoisotopic (exact) mass is 475 g/mol. The van der Waals surface area contributed by atoms with Crippen LogP contribution in [-0.4, -0.2) is 41.5 Å². The number of furan rings is 1. The van der Waals surface area contributed by atoms with Gasteiger partial charge < -0.3 is 18.6 Å². The Morgan fingerprint density at radius 3 is 2.73 bits per heavy atom. The van der Waals surface area contributed by atoms with E-state index in [0.717, 1.165) is 12.8 Å². The molecule has 2 aromatic heterocycles. The van der Waals surface area contributed by atoms with Crippen molar-refractivity contribution in [3.63, 3.8) is 0 Å². The molecule has 0 bridgehead atoms.